The molecule has 1 aromatic carbocycles. The van der Waals surface area contributed by atoms with Crippen LogP contribution in [0.15, 0.2) is 27.0 Å². The fourth-order valence-corrected chi connectivity index (χ4v) is 1.23. The molecule has 0 spiro atoms. The third-order valence-corrected chi connectivity index (χ3v) is 1.82. The highest BCUT2D eigenvalue weighted by atomic mass is 32.1. The van der Waals surface area contributed by atoms with Gasteiger partial charge in [0.1, 0.15) is 0 Å². The van der Waals surface area contributed by atoms with Gasteiger partial charge in [-0.05, 0) is 18.2 Å². The second-order valence-corrected chi connectivity index (χ2v) is 2.95. The Bertz CT molecular complexity index is 523. The number of hydrogen-bond acceptors (Lipinski definition) is 3. The van der Waals surface area contributed by atoms with Crippen LogP contribution in [0.3, 0.4) is 0 Å². The molecule has 2 rings (SSSR count). The third-order valence-electron chi connectivity index (χ3n) is 1.66. The Morgan fingerprint density at radius 1 is 1.07 bits per heavy atom. The van der Waals surface area contributed by atoms with Crippen molar-refractivity contribution in [1.29, 1.82) is 0 Å². The number of fused-ring (bicyclic) bond motifs is 1. The van der Waals surface area contributed by atoms with Crippen LogP contribution in [0.4, 0.5) is 13.2 Å². The summed E-state index contributed by atoms with van der Waals surface area (Å²) in [6.45, 7) is 0. The van der Waals surface area contributed by atoms with Gasteiger partial charge in [0.05, 0.1) is 5.56 Å². The van der Waals surface area contributed by atoms with Crippen LogP contribution in [0.1, 0.15) is 5.56 Å². The summed E-state index contributed by atoms with van der Waals surface area (Å²) < 4.78 is 46.2. The van der Waals surface area contributed by atoms with E-state index in [1.165, 1.54) is 6.07 Å². The summed E-state index contributed by atoms with van der Waals surface area (Å²) in [6.07, 6.45) is -4.39. The third kappa shape index (κ3) is 1.52. The first kappa shape index (κ1) is 9.26. The minimum Gasteiger partial charge on any atom is -0.413 e. The van der Waals surface area contributed by atoms with E-state index in [0.717, 1.165) is 12.1 Å². The molecule has 0 radical (unpaired) electrons. The smallest absolute Gasteiger partial charge is 0.413 e. The lowest BCUT2D eigenvalue weighted by molar-refractivity contribution is -0.137. The summed E-state index contributed by atoms with van der Waals surface area (Å²) in [5.74, 6) is 0. The summed E-state index contributed by atoms with van der Waals surface area (Å²) in [6, 6.07) is 2.95. The van der Waals surface area contributed by atoms with E-state index in [2.05, 4.69) is 12.2 Å². The summed E-state index contributed by atoms with van der Waals surface area (Å²) in [5.41, 5.74) is -0.572. The maximum Gasteiger partial charge on any atom is 0.416 e. The average Bonchev–Trinajstić information content (AvgIpc) is 2.41. The van der Waals surface area contributed by atoms with Gasteiger partial charge in [-0.15, -0.1) is 0 Å². The van der Waals surface area contributed by atoms with Crippen molar-refractivity contribution in [2.45, 2.75) is 6.18 Å². The van der Waals surface area contributed by atoms with Crippen molar-refractivity contribution in [1.82, 2.24) is 0 Å². The van der Waals surface area contributed by atoms with Crippen LogP contribution < -0.4 is 0 Å². The molecule has 0 unspecified atom stereocenters. The van der Waals surface area contributed by atoms with E-state index in [9.17, 15) is 13.2 Å². The molecular formula is C8H3F3O2S. The molecule has 2 aromatic rings. The fraction of sp³-hybridized carbons (Fsp3) is 0.125. The molecule has 0 fully saturated rings. The van der Waals surface area contributed by atoms with Gasteiger partial charge >= 0.3 is 11.1 Å². The molecule has 0 bridgehead atoms. The number of hydrogen-bond donors (Lipinski definition) is 0. The lowest BCUT2D eigenvalue weighted by Crippen LogP contribution is -2.03. The predicted octanol–water partition coefficient (Wildman–Crippen LogP) is 3.77. The summed E-state index contributed by atoms with van der Waals surface area (Å²) in [5, 5.41) is 0. The van der Waals surface area contributed by atoms with Gasteiger partial charge in [0.2, 0.25) is 0 Å². The Balaban J connectivity index is 2.67. The Kier molecular flexibility index (Phi) is 1.88. The lowest BCUT2D eigenvalue weighted by Gasteiger charge is -2.04. The van der Waals surface area contributed by atoms with Gasteiger partial charge in [-0.25, -0.2) is 0 Å². The zero-order valence-electron chi connectivity index (χ0n) is 6.59. The van der Waals surface area contributed by atoms with Gasteiger partial charge in [-0.1, -0.05) is 0 Å². The minimum absolute atomic E-state index is 0.00447. The molecule has 0 atom stereocenters. The number of benzene rings is 1. The largest absolute Gasteiger partial charge is 0.416 e. The number of rotatable bonds is 0. The van der Waals surface area contributed by atoms with Gasteiger partial charge in [-0.2, -0.15) is 13.2 Å². The molecule has 0 aliphatic carbocycles. The molecule has 0 amide bonds. The first-order valence-corrected chi connectivity index (χ1v) is 3.98. The Labute approximate surface area is 80.9 Å². The zero-order valence-corrected chi connectivity index (χ0v) is 7.41. The van der Waals surface area contributed by atoms with Gasteiger partial charge in [0, 0.05) is 12.2 Å². The van der Waals surface area contributed by atoms with E-state index in [1.807, 2.05) is 0 Å². The van der Waals surface area contributed by atoms with E-state index >= 15 is 0 Å². The summed E-state index contributed by atoms with van der Waals surface area (Å²) in [4.78, 5) is -0.181. The summed E-state index contributed by atoms with van der Waals surface area (Å²) in [7, 11) is 0. The second kappa shape index (κ2) is 2.84. The highest BCUT2D eigenvalue weighted by Gasteiger charge is 2.31. The van der Waals surface area contributed by atoms with E-state index < -0.39 is 11.7 Å². The number of alkyl halides is 3. The molecule has 0 aliphatic heterocycles. The SMILES string of the molecule is FC(F)(F)c1ccc2oc(=S)oc2c1. The molecule has 0 aliphatic rings. The van der Waals surface area contributed by atoms with Crippen LogP contribution in [0.25, 0.3) is 11.2 Å². The van der Waals surface area contributed by atoms with Crippen LogP contribution in [-0.2, 0) is 6.18 Å². The lowest BCUT2D eigenvalue weighted by atomic mass is 10.2. The standard InChI is InChI=1S/C8H3F3O2S/c9-8(10,11)4-1-2-5-6(3-4)13-7(14)12-5/h1-3H. The van der Waals surface area contributed by atoms with Crippen molar-refractivity contribution in [3.63, 3.8) is 0 Å². The van der Waals surface area contributed by atoms with Crippen LogP contribution in [0.5, 0.6) is 0 Å². The topological polar surface area (TPSA) is 26.3 Å². The predicted molar refractivity (Wildman–Crippen MR) is 44.3 cm³/mol. The van der Waals surface area contributed by atoms with Crippen molar-refractivity contribution in [2.75, 3.05) is 0 Å². The fourth-order valence-electron chi connectivity index (χ4n) is 1.05. The normalized spacial score (nSPS) is 12.2. The average molecular weight is 220 g/mol. The summed E-state index contributed by atoms with van der Waals surface area (Å²) >= 11 is 4.54. The Morgan fingerprint density at radius 3 is 2.36 bits per heavy atom. The maximum absolute atomic E-state index is 12.2. The maximum atomic E-state index is 12.2. The van der Waals surface area contributed by atoms with Gasteiger partial charge in [0.25, 0.3) is 0 Å². The van der Waals surface area contributed by atoms with Crippen molar-refractivity contribution in [2.24, 2.45) is 0 Å². The minimum atomic E-state index is -4.39. The van der Waals surface area contributed by atoms with Crippen molar-refractivity contribution in [3.05, 3.63) is 28.7 Å². The van der Waals surface area contributed by atoms with E-state index in [0.29, 0.717) is 0 Å². The van der Waals surface area contributed by atoms with E-state index in [4.69, 9.17) is 8.83 Å². The Morgan fingerprint density at radius 2 is 1.71 bits per heavy atom. The first-order chi connectivity index (χ1) is 6.47. The first-order valence-electron chi connectivity index (χ1n) is 3.58. The molecule has 0 saturated heterocycles. The highest BCUT2D eigenvalue weighted by Crippen LogP contribution is 2.31. The van der Waals surface area contributed by atoms with Crippen LogP contribution in [0.2, 0.25) is 0 Å². The molecule has 74 valence electrons. The quantitative estimate of drug-likeness (QED) is 0.632. The molecule has 0 N–H and O–H groups in total. The van der Waals surface area contributed by atoms with Crippen molar-refractivity contribution in [3.8, 4) is 0 Å². The Hall–Kier alpha value is -1.30. The molecule has 1 heterocycles. The van der Waals surface area contributed by atoms with Gasteiger partial charge in [0.15, 0.2) is 11.2 Å². The van der Waals surface area contributed by atoms with Crippen LogP contribution >= 0.6 is 12.2 Å². The molecular weight excluding hydrogens is 217 g/mol. The van der Waals surface area contributed by atoms with E-state index in [-0.39, 0.29) is 16.1 Å². The van der Waals surface area contributed by atoms with Gasteiger partial charge in [-0.3, -0.25) is 0 Å². The van der Waals surface area contributed by atoms with Crippen LogP contribution in [-0.4, -0.2) is 0 Å². The molecule has 14 heavy (non-hydrogen) atoms. The zero-order chi connectivity index (χ0) is 10.3. The monoisotopic (exact) mass is 220 g/mol. The van der Waals surface area contributed by atoms with Crippen LogP contribution in [0, 0.1) is 4.90 Å². The van der Waals surface area contributed by atoms with Crippen molar-refractivity contribution >= 4 is 23.4 Å². The number of halogens is 3. The van der Waals surface area contributed by atoms with Gasteiger partial charge < -0.3 is 8.83 Å². The second-order valence-electron chi connectivity index (χ2n) is 2.61. The molecule has 0 saturated carbocycles. The van der Waals surface area contributed by atoms with Crippen molar-refractivity contribution < 1.29 is 22.0 Å². The molecule has 1 aromatic heterocycles. The molecule has 2 nitrogen and oxygen atoms in total. The van der Waals surface area contributed by atoms with E-state index in [1.54, 1.807) is 0 Å². The highest BCUT2D eigenvalue weighted by molar-refractivity contribution is 7.71. The molecule has 6 heteroatoms.